The van der Waals surface area contributed by atoms with Gasteiger partial charge in [0.15, 0.2) is 0 Å². The fourth-order valence-corrected chi connectivity index (χ4v) is 6.55. The molecule has 2 amide bonds. The van der Waals surface area contributed by atoms with E-state index in [4.69, 9.17) is 0 Å². The topological polar surface area (TPSA) is 86.8 Å². The molecule has 0 heterocycles. The molecule has 0 aliphatic heterocycles. The van der Waals surface area contributed by atoms with Crippen molar-refractivity contribution in [3.05, 3.63) is 101 Å². The van der Waals surface area contributed by atoms with Crippen molar-refractivity contribution >= 4 is 27.5 Å². The molecule has 1 N–H and O–H groups in total. The predicted octanol–water partition coefficient (Wildman–Crippen LogP) is 5.80. The molecule has 0 saturated heterocycles. The number of hydrogen-bond acceptors (Lipinski definition) is 4. The van der Waals surface area contributed by atoms with Crippen molar-refractivity contribution in [2.45, 2.75) is 76.9 Å². The van der Waals surface area contributed by atoms with Crippen molar-refractivity contribution < 1.29 is 22.4 Å². The Bertz CT molecular complexity index is 1470. The standard InChI is InChI=1S/C34H42FN3O4S/c1-25(2)30-16-10-11-17-31(30)38(43(3,41)42)24-33(39)37(23-27-18-20-28(35)21-19-27)32(22-26-12-6-4-7-13-26)34(40)36-29-14-8-5-9-15-29/h4,6-7,10-13,16-21,25,29,32H,5,8-9,14-15,22-24H2,1-3H3,(H,36,40). The van der Waals surface area contributed by atoms with Crippen molar-refractivity contribution in [1.29, 1.82) is 0 Å². The van der Waals surface area contributed by atoms with E-state index in [2.05, 4.69) is 5.32 Å². The first-order valence-electron chi connectivity index (χ1n) is 15.0. The lowest BCUT2D eigenvalue weighted by atomic mass is 9.94. The van der Waals surface area contributed by atoms with Crippen LogP contribution in [0.25, 0.3) is 0 Å². The molecule has 1 atom stereocenters. The second-order valence-electron chi connectivity index (χ2n) is 11.7. The molecule has 1 aliphatic carbocycles. The third kappa shape index (κ3) is 8.89. The molecule has 0 radical (unpaired) electrons. The Morgan fingerprint density at radius 2 is 1.51 bits per heavy atom. The van der Waals surface area contributed by atoms with E-state index >= 15 is 0 Å². The number of carbonyl (C=O) groups excluding carboxylic acids is 2. The Morgan fingerprint density at radius 3 is 2.14 bits per heavy atom. The van der Waals surface area contributed by atoms with Crippen LogP contribution in [0.3, 0.4) is 0 Å². The van der Waals surface area contributed by atoms with E-state index in [1.165, 1.54) is 17.0 Å². The van der Waals surface area contributed by atoms with Crippen molar-refractivity contribution in [2.24, 2.45) is 0 Å². The number of anilines is 1. The molecule has 7 nitrogen and oxygen atoms in total. The number of benzene rings is 3. The first-order valence-corrected chi connectivity index (χ1v) is 16.8. The van der Waals surface area contributed by atoms with E-state index < -0.39 is 34.3 Å². The zero-order valence-corrected chi connectivity index (χ0v) is 26.0. The number of carbonyl (C=O) groups is 2. The first kappa shape index (κ1) is 32.2. The Morgan fingerprint density at radius 1 is 0.884 bits per heavy atom. The number of sulfonamides is 1. The van der Waals surface area contributed by atoms with Crippen LogP contribution in [0, 0.1) is 5.82 Å². The lowest BCUT2D eigenvalue weighted by Crippen LogP contribution is -2.55. The number of para-hydroxylation sites is 1. The van der Waals surface area contributed by atoms with Crippen LogP contribution in [-0.2, 0) is 32.6 Å². The average Bonchev–Trinajstić information content (AvgIpc) is 2.99. The van der Waals surface area contributed by atoms with Gasteiger partial charge in [0.1, 0.15) is 18.4 Å². The summed E-state index contributed by atoms with van der Waals surface area (Å²) >= 11 is 0. The van der Waals surface area contributed by atoms with Gasteiger partial charge in [-0.25, -0.2) is 12.8 Å². The van der Waals surface area contributed by atoms with Gasteiger partial charge in [0.05, 0.1) is 11.9 Å². The molecule has 0 spiro atoms. The monoisotopic (exact) mass is 607 g/mol. The smallest absolute Gasteiger partial charge is 0.244 e. The van der Waals surface area contributed by atoms with Crippen LogP contribution in [0.2, 0.25) is 0 Å². The van der Waals surface area contributed by atoms with Gasteiger partial charge in [0.25, 0.3) is 0 Å². The summed E-state index contributed by atoms with van der Waals surface area (Å²) in [4.78, 5) is 29.8. The highest BCUT2D eigenvalue weighted by molar-refractivity contribution is 7.92. The lowest BCUT2D eigenvalue weighted by molar-refractivity contribution is -0.140. The molecule has 4 rings (SSSR count). The third-order valence-electron chi connectivity index (χ3n) is 8.00. The normalized spacial score (nSPS) is 14.7. The highest BCUT2D eigenvalue weighted by Crippen LogP contribution is 2.29. The van der Waals surface area contributed by atoms with Crippen molar-refractivity contribution in [1.82, 2.24) is 10.2 Å². The van der Waals surface area contributed by atoms with Gasteiger partial charge in [0, 0.05) is 19.0 Å². The molecule has 9 heteroatoms. The van der Waals surface area contributed by atoms with Crippen molar-refractivity contribution in [3.63, 3.8) is 0 Å². The summed E-state index contributed by atoms with van der Waals surface area (Å²) in [6.45, 7) is 3.46. The molecule has 43 heavy (non-hydrogen) atoms. The molecule has 1 fully saturated rings. The second-order valence-corrected chi connectivity index (χ2v) is 13.6. The summed E-state index contributed by atoms with van der Waals surface area (Å²) in [6.07, 6.45) is 6.28. The van der Waals surface area contributed by atoms with E-state index in [1.807, 2.05) is 56.3 Å². The fourth-order valence-electron chi connectivity index (χ4n) is 5.68. The molecule has 0 aromatic heterocycles. The van der Waals surface area contributed by atoms with Crippen LogP contribution < -0.4 is 9.62 Å². The summed E-state index contributed by atoms with van der Waals surface area (Å²) in [5.74, 6) is -1.20. The summed E-state index contributed by atoms with van der Waals surface area (Å²) < 4.78 is 41.2. The summed E-state index contributed by atoms with van der Waals surface area (Å²) in [5.41, 5.74) is 2.73. The van der Waals surface area contributed by atoms with Gasteiger partial charge in [0.2, 0.25) is 21.8 Å². The predicted molar refractivity (Wildman–Crippen MR) is 169 cm³/mol. The Balaban J connectivity index is 1.74. The molecule has 3 aromatic carbocycles. The van der Waals surface area contributed by atoms with Crippen molar-refractivity contribution in [2.75, 3.05) is 17.1 Å². The van der Waals surface area contributed by atoms with Gasteiger partial charge < -0.3 is 10.2 Å². The molecule has 1 aliphatic rings. The Hall–Kier alpha value is -3.72. The molecule has 0 bridgehead atoms. The van der Waals surface area contributed by atoms with Gasteiger partial charge in [-0.1, -0.05) is 93.8 Å². The van der Waals surface area contributed by atoms with Crippen LogP contribution >= 0.6 is 0 Å². The quantitative estimate of drug-likeness (QED) is 0.282. The summed E-state index contributed by atoms with van der Waals surface area (Å²) in [7, 11) is -3.87. The lowest BCUT2D eigenvalue weighted by Gasteiger charge is -2.35. The number of rotatable bonds is 12. The molecule has 3 aromatic rings. The second kappa shape index (κ2) is 14.6. The van der Waals surface area contributed by atoms with Crippen LogP contribution in [-0.4, -0.2) is 50.0 Å². The maximum Gasteiger partial charge on any atom is 0.244 e. The Labute approximate surface area is 255 Å². The van der Waals surface area contributed by atoms with Gasteiger partial charge in [-0.15, -0.1) is 0 Å². The average molecular weight is 608 g/mol. The molecular weight excluding hydrogens is 565 g/mol. The minimum atomic E-state index is -3.87. The highest BCUT2D eigenvalue weighted by Gasteiger charge is 2.34. The Kier molecular flexibility index (Phi) is 11.0. The van der Waals surface area contributed by atoms with E-state index in [-0.39, 0.29) is 30.8 Å². The molecule has 230 valence electrons. The number of nitrogens with zero attached hydrogens (tertiary/aromatic N) is 2. The molecular formula is C34H42FN3O4S. The SMILES string of the molecule is CC(C)c1ccccc1N(CC(=O)N(Cc1ccc(F)cc1)C(Cc1ccccc1)C(=O)NC1CCCCC1)S(C)(=O)=O. The van der Waals surface area contributed by atoms with Crippen LogP contribution in [0.5, 0.6) is 0 Å². The van der Waals surface area contributed by atoms with Crippen LogP contribution in [0.4, 0.5) is 10.1 Å². The fraction of sp³-hybridized carbons (Fsp3) is 0.412. The third-order valence-corrected chi connectivity index (χ3v) is 9.12. The summed E-state index contributed by atoms with van der Waals surface area (Å²) in [5, 5.41) is 3.18. The zero-order valence-electron chi connectivity index (χ0n) is 25.2. The maximum absolute atomic E-state index is 14.3. The van der Waals surface area contributed by atoms with Gasteiger partial charge >= 0.3 is 0 Å². The van der Waals surface area contributed by atoms with Crippen LogP contribution in [0.1, 0.15) is 68.6 Å². The van der Waals surface area contributed by atoms with Crippen LogP contribution in [0.15, 0.2) is 78.9 Å². The molecule has 1 saturated carbocycles. The first-order chi connectivity index (χ1) is 20.5. The highest BCUT2D eigenvalue weighted by atomic mass is 32.2. The number of amides is 2. The van der Waals surface area contributed by atoms with E-state index in [0.29, 0.717) is 11.3 Å². The number of halogens is 1. The van der Waals surface area contributed by atoms with Gasteiger partial charge in [-0.3, -0.25) is 13.9 Å². The van der Waals surface area contributed by atoms with Gasteiger partial charge in [-0.2, -0.15) is 0 Å². The minimum Gasteiger partial charge on any atom is -0.352 e. The largest absolute Gasteiger partial charge is 0.352 e. The minimum absolute atomic E-state index is 0.0120. The maximum atomic E-state index is 14.3. The van der Waals surface area contributed by atoms with E-state index in [1.54, 1.807) is 24.3 Å². The summed E-state index contributed by atoms with van der Waals surface area (Å²) in [6, 6.07) is 21.5. The van der Waals surface area contributed by atoms with E-state index in [0.717, 1.165) is 53.8 Å². The molecule has 1 unspecified atom stereocenters. The number of hydrogen-bond donors (Lipinski definition) is 1. The van der Waals surface area contributed by atoms with E-state index in [9.17, 15) is 22.4 Å². The van der Waals surface area contributed by atoms with Crippen molar-refractivity contribution in [3.8, 4) is 0 Å². The number of nitrogens with one attached hydrogen (secondary N) is 1. The van der Waals surface area contributed by atoms with Gasteiger partial charge in [-0.05, 0) is 53.6 Å². The zero-order chi connectivity index (χ0) is 31.0.